The van der Waals surface area contributed by atoms with E-state index in [0.29, 0.717) is 0 Å². The molecule has 1 aromatic carbocycles. The normalized spacial score (nSPS) is 12.3. The highest BCUT2D eigenvalue weighted by Gasteiger charge is 2.21. The van der Waals surface area contributed by atoms with E-state index in [1.165, 1.54) is 0 Å². The van der Waals surface area contributed by atoms with Crippen LogP contribution in [0, 0.1) is 6.92 Å². The lowest BCUT2D eigenvalue weighted by molar-refractivity contribution is 0.399. The Balaban J connectivity index is 2.47. The molecule has 0 saturated carbocycles. The first-order chi connectivity index (χ1) is 9.08. The average Bonchev–Trinajstić information content (AvgIpc) is 2.77. The fraction of sp³-hybridized carbons (Fsp3) is 0.286. The van der Waals surface area contributed by atoms with Crippen molar-refractivity contribution in [3.05, 3.63) is 44.6 Å². The summed E-state index contributed by atoms with van der Waals surface area (Å²) in [5.74, 6) is 1.61. The predicted octanol–water partition coefficient (Wildman–Crippen LogP) is 5.21. The smallest absolute Gasteiger partial charge is 0.123 e. The Kier molecular flexibility index (Phi) is 4.76. The topological polar surface area (TPSA) is 18.5 Å². The second kappa shape index (κ2) is 6.16. The van der Waals surface area contributed by atoms with Crippen molar-refractivity contribution in [1.29, 1.82) is 0 Å². The molecule has 0 spiro atoms. The Morgan fingerprint density at radius 1 is 1.26 bits per heavy atom. The Labute approximate surface area is 130 Å². The molecule has 0 bridgehead atoms. The molecule has 0 aliphatic carbocycles. The number of methoxy groups -OCH3 is 2. The molecule has 1 unspecified atom stereocenters. The van der Waals surface area contributed by atoms with Crippen LogP contribution < -0.4 is 9.47 Å². The number of thiophene rings is 1. The summed E-state index contributed by atoms with van der Waals surface area (Å²) in [7, 11) is 3.31. The number of ether oxygens (including phenoxy) is 2. The van der Waals surface area contributed by atoms with Gasteiger partial charge in [0.1, 0.15) is 11.5 Å². The number of hydrogen-bond acceptors (Lipinski definition) is 3. The molecule has 0 fully saturated rings. The minimum atomic E-state index is -0.0104. The van der Waals surface area contributed by atoms with Crippen LogP contribution in [-0.2, 0) is 0 Å². The van der Waals surface area contributed by atoms with E-state index in [2.05, 4.69) is 21.3 Å². The van der Waals surface area contributed by atoms with Gasteiger partial charge >= 0.3 is 0 Å². The van der Waals surface area contributed by atoms with E-state index in [1.807, 2.05) is 25.1 Å². The summed E-state index contributed by atoms with van der Waals surface area (Å²) in [6.45, 7) is 2.00. The summed E-state index contributed by atoms with van der Waals surface area (Å²) in [5, 5.41) is 2.86. The molecule has 0 amide bonds. The van der Waals surface area contributed by atoms with Crippen molar-refractivity contribution in [1.82, 2.24) is 0 Å². The molecule has 1 heterocycles. The third-order valence-electron chi connectivity index (χ3n) is 2.87. The molecule has 5 heteroatoms. The fourth-order valence-electron chi connectivity index (χ4n) is 1.80. The molecule has 0 aliphatic heterocycles. The van der Waals surface area contributed by atoms with Gasteiger partial charge in [0.05, 0.1) is 24.1 Å². The standard InChI is InChI=1S/C14H14BrClO2S/c1-8-7-19-14(13(8)16)12(15)10-6-9(17-2)4-5-11(10)18-3/h4-7,12H,1-3H3. The van der Waals surface area contributed by atoms with Crippen LogP contribution in [0.4, 0.5) is 0 Å². The van der Waals surface area contributed by atoms with Crippen LogP contribution in [0.3, 0.4) is 0 Å². The van der Waals surface area contributed by atoms with Crippen LogP contribution in [-0.4, -0.2) is 14.2 Å². The van der Waals surface area contributed by atoms with Gasteiger partial charge in [0.15, 0.2) is 0 Å². The summed E-state index contributed by atoms with van der Waals surface area (Å²) in [6, 6.07) is 5.74. The van der Waals surface area contributed by atoms with Crippen molar-refractivity contribution in [3.63, 3.8) is 0 Å². The van der Waals surface area contributed by atoms with E-state index >= 15 is 0 Å². The van der Waals surface area contributed by atoms with Gasteiger partial charge in [-0.3, -0.25) is 0 Å². The Morgan fingerprint density at radius 2 is 2.00 bits per heavy atom. The molecule has 0 radical (unpaired) electrons. The van der Waals surface area contributed by atoms with E-state index in [4.69, 9.17) is 21.1 Å². The van der Waals surface area contributed by atoms with E-state index in [9.17, 15) is 0 Å². The monoisotopic (exact) mass is 360 g/mol. The Morgan fingerprint density at radius 3 is 2.53 bits per heavy atom. The molecule has 102 valence electrons. The van der Waals surface area contributed by atoms with Crippen molar-refractivity contribution in [2.24, 2.45) is 0 Å². The van der Waals surface area contributed by atoms with Gasteiger partial charge in [-0.05, 0) is 36.1 Å². The summed E-state index contributed by atoms with van der Waals surface area (Å²) >= 11 is 11.7. The number of halogens is 2. The molecular weight excluding hydrogens is 348 g/mol. The van der Waals surface area contributed by atoms with Crippen LogP contribution in [0.1, 0.15) is 20.8 Å². The number of rotatable bonds is 4. The summed E-state index contributed by atoms with van der Waals surface area (Å²) in [6.07, 6.45) is 0. The van der Waals surface area contributed by atoms with Gasteiger partial charge in [-0.25, -0.2) is 0 Å². The quantitative estimate of drug-likeness (QED) is 0.696. The Hall–Kier alpha value is -0.710. The first kappa shape index (κ1) is 14.7. The third kappa shape index (κ3) is 2.91. The first-order valence-corrected chi connectivity index (χ1v) is 7.85. The minimum absolute atomic E-state index is 0.0104. The van der Waals surface area contributed by atoms with Crippen molar-refractivity contribution in [2.75, 3.05) is 14.2 Å². The molecule has 1 atom stereocenters. The van der Waals surface area contributed by atoms with E-state index in [1.54, 1.807) is 25.6 Å². The minimum Gasteiger partial charge on any atom is -0.497 e. The lowest BCUT2D eigenvalue weighted by Gasteiger charge is -2.15. The molecule has 1 aromatic heterocycles. The molecular formula is C14H14BrClO2S. The van der Waals surface area contributed by atoms with Crippen molar-refractivity contribution in [2.45, 2.75) is 11.8 Å². The van der Waals surface area contributed by atoms with Crippen LogP contribution in [0.5, 0.6) is 11.5 Å². The second-order valence-corrected chi connectivity index (χ2v) is 6.27. The SMILES string of the molecule is COc1ccc(OC)c(C(Br)c2scc(C)c2Cl)c1. The number of alkyl halides is 1. The molecule has 0 N–H and O–H groups in total. The zero-order valence-corrected chi connectivity index (χ0v) is 14.0. The molecule has 0 aliphatic rings. The zero-order chi connectivity index (χ0) is 14.0. The summed E-state index contributed by atoms with van der Waals surface area (Å²) < 4.78 is 10.7. The maximum absolute atomic E-state index is 6.33. The van der Waals surface area contributed by atoms with Gasteiger partial charge in [-0.15, -0.1) is 11.3 Å². The van der Waals surface area contributed by atoms with Gasteiger partial charge < -0.3 is 9.47 Å². The first-order valence-electron chi connectivity index (χ1n) is 5.68. The molecule has 2 aromatic rings. The molecule has 2 rings (SSSR count). The van der Waals surface area contributed by atoms with Gasteiger partial charge in [-0.2, -0.15) is 0 Å². The number of aryl methyl sites for hydroxylation is 1. The van der Waals surface area contributed by atoms with Crippen LogP contribution in [0.2, 0.25) is 5.02 Å². The molecule has 2 nitrogen and oxygen atoms in total. The molecule has 0 saturated heterocycles. The highest BCUT2D eigenvalue weighted by atomic mass is 79.9. The zero-order valence-electron chi connectivity index (χ0n) is 10.9. The Bertz CT molecular complexity index is 583. The number of benzene rings is 1. The van der Waals surface area contributed by atoms with Gasteiger partial charge in [-0.1, -0.05) is 27.5 Å². The summed E-state index contributed by atoms with van der Waals surface area (Å²) in [4.78, 5) is 1.06. The highest BCUT2D eigenvalue weighted by Crippen LogP contribution is 2.44. The van der Waals surface area contributed by atoms with E-state index < -0.39 is 0 Å². The second-order valence-electron chi connectivity index (χ2n) is 4.07. The van der Waals surface area contributed by atoms with Crippen LogP contribution >= 0.6 is 38.9 Å². The van der Waals surface area contributed by atoms with Gasteiger partial charge in [0.25, 0.3) is 0 Å². The fourth-order valence-corrected chi connectivity index (χ4v) is 4.14. The molecule has 19 heavy (non-hydrogen) atoms. The van der Waals surface area contributed by atoms with Crippen molar-refractivity contribution < 1.29 is 9.47 Å². The van der Waals surface area contributed by atoms with E-state index in [-0.39, 0.29) is 4.83 Å². The maximum Gasteiger partial charge on any atom is 0.123 e. The lowest BCUT2D eigenvalue weighted by atomic mass is 10.1. The van der Waals surface area contributed by atoms with Crippen molar-refractivity contribution >= 4 is 38.9 Å². The average molecular weight is 362 g/mol. The summed E-state index contributed by atoms with van der Waals surface area (Å²) in [5.41, 5.74) is 2.10. The van der Waals surface area contributed by atoms with Crippen LogP contribution in [0.15, 0.2) is 23.6 Å². The lowest BCUT2D eigenvalue weighted by Crippen LogP contribution is -1.97. The third-order valence-corrected chi connectivity index (χ3v) is 5.90. The van der Waals surface area contributed by atoms with Gasteiger partial charge in [0, 0.05) is 10.4 Å². The largest absolute Gasteiger partial charge is 0.497 e. The predicted molar refractivity (Wildman–Crippen MR) is 84.4 cm³/mol. The van der Waals surface area contributed by atoms with E-state index in [0.717, 1.165) is 32.5 Å². The number of hydrogen-bond donors (Lipinski definition) is 0. The van der Waals surface area contributed by atoms with Crippen molar-refractivity contribution in [3.8, 4) is 11.5 Å². The van der Waals surface area contributed by atoms with Crippen LogP contribution in [0.25, 0.3) is 0 Å². The maximum atomic E-state index is 6.33. The van der Waals surface area contributed by atoms with Gasteiger partial charge in [0.2, 0.25) is 0 Å². The highest BCUT2D eigenvalue weighted by molar-refractivity contribution is 9.09.